The monoisotopic (exact) mass is 209 g/mol. The van der Waals surface area contributed by atoms with Gasteiger partial charge in [-0.15, -0.1) is 0 Å². The van der Waals surface area contributed by atoms with Crippen LogP contribution in [0.5, 0.6) is 0 Å². The number of hydrogen-bond acceptors (Lipinski definition) is 6. The van der Waals surface area contributed by atoms with Crippen LogP contribution >= 0.6 is 12.6 Å². The van der Waals surface area contributed by atoms with Gasteiger partial charge in [0, 0.05) is 22.5 Å². The van der Waals surface area contributed by atoms with Crippen LogP contribution in [0, 0.1) is 0 Å². The van der Waals surface area contributed by atoms with E-state index in [0.29, 0.717) is 11.7 Å². The molecular formula is C7H23N5S. The Morgan fingerprint density at radius 3 is 3.08 bits per heavy atom. The standard InChI is InChI=1S/C7H16N4S.H3N.2H2/c1-11-3-2-9-6(4-11)7(8)10-5-12;;;/h9-10,12H,2-5,8H2,1H3;1H3;2*1H/b7-6+;;;. The van der Waals surface area contributed by atoms with Crippen molar-refractivity contribution in [3.05, 3.63) is 11.5 Å². The molecule has 1 heterocycles. The first kappa shape index (κ1) is 12.4. The molecule has 0 saturated carbocycles. The topological polar surface area (TPSA) is 88.3 Å². The second kappa shape index (κ2) is 5.95. The van der Waals surface area contributed by atoms with Gasteiger partial charge in [-0.2, -0.15) is 12.6 Å². The highest BCUT2D eigenvalue weighted by atomic mass is 32.1. The molecule has 0 bridgehead atoms. The summed E-state index contributed by atoms with van der Waals surface area (Å²) in [7, 11) is 2.08. The Bertz CT molecular complexity index is 190. The van der Waals surface area contributed by atoms with E-state index in [2.05, 4.69) is 35.2 Å². The first-order valence-electron chi connectivity index (χ1n) is 4.00. The van der Waals surface area contributed by atoms with Crippen molar-refractivity contribution in [2.24, 2.45) is 5.73 Å². The van der Waals surface area contributed by atoms with Crippen LogP contribution in [0.4, 0.5) is 0 Å². The number of nitrogens with zero attached hydrogens (tertiary/aromatic N) is 1. The first-order chi connectivity index (χ1) is 5.74. The zero-order valence-corrected chi connectivity index (χ0v) is 8.90. The van der Waals surface area contributed by atoms with Crippen molar-refractivity contribution < 1.29 is 2.85 Å². The second-order valence-corrected chi connectivity index (χ2v) is 3.21. The Morgan fingerprint density at radius 2 is 2.54 bits per heavy atom. The lowest BCUT2D eigenvalue weighted by Crippen LogP contribution is -2.42. The summed E-state index contributed by atoms with van der Waals surface area (Å²) >= 11 is 4.04. The van der Waals surface area contributed by atoms with Crippen molar-refractivity contribution in [2.75, 3.05) is 32.6 Å². The molecule has 0 aromatic rings. The Morgan fingerprint density at radius 1 is 1.85 bits per heavy atom. The van der Waals surface area contributed by atoms with Gasteiger partial charge in [-0.1, -0.05) is 0 Å². The Kier molecular flexibility index (Phi) is 5.68. The molecular weight excluding hydrogens is 186 g/mol. The fourth-order valence-electron chi connectivity index (χ4n) is 1.17. The first-order valence-corrected chi connectivity index (χ1v) is 4.63. The molecule has 6 heteroatoms. The van der Waals surface area contributed by atoms with E-state index >= 15 is 0 Å². The lowest BCUT2D eigenvalue weighted by molar-refractivity contribution is 0.320. The van der Waals surface area contributed by atoms with Gasteiger partial charge in [-0.3, -0.25) is 4.90 Å². The molecule has 0 radical (unpaired) electrons. The summed E-state index contributed by atoms with van der Waals surface area (Å²) in [6, 6.07) is 0. The summed E-state index contributed by atoms with van der Waals surface area (Å²) in [5.74, 6) is 1.28. The summed E-state index contributed by atoms with van der Waals surface area (Å²) in [5, 5.41) is 6.22. The van der Waals surface area contributed by atoms with E-state index in [9.17, 15) is 0 Å². The molecule has 0 atom stereocenters. The second-order valence-electron chi connectivity index (χ2n) is 2.89. The molecule has 1 aliphatic heterocycles. The van der Waals surface area contributed by atoms with E-state index in [1.807, 2.05) is 0 Å². The fraction of sp³-hybridized carbons (Fsp3) is 0.714. The van der Waals surface area contributed by atoms with Gasteiger partial charge in [-0.25, -0.2) is 0 Å². The van der Waals surface area contributed by atoms with E-state index in [0.717, 1.165) is 25.3 Å². The van der Waals surface area contributed by atoms with Gasteiger partial charge in [-0.05, 0) is 7.05 Å². The van der Waals surface area contributed by atoms with Gasteiger partial charge in [0.15, 0.2) is 0 Å². The molecule has 0 amide bonds. The van der Waals surface area contributed by atoms with Crippen LogP contribution < -0.4 is 22.5 Å². The highest BCUT2D eigenvalue weighted by Gasteiger charge is 2.11. The van der Waals surface area contributed by atoms with Crippen molar-refractivity contribution in [2.45, 2.75) is 0 Å². The molecule has 0 unspecified atom stereocenters. The van der Waals surface area contributed by atoms with Crippen LogP contribution in [0.15, 0.2) is 11.5 Å². The van der Waals surface area contributed by atoms with E-state index < -0.39 is 0 Å². The van der Waals surface area contributed by atoms with Crippen molar-refractivity contribution in [1.29, 1.82) is 0 Å². The summed E-state index contributed by atoms with van der Waals surface area (Å²) in [5.41, 5.74) is 6.82. The van der Waals surface area contributed by atoms with Crippen LogP contribution in [0.25, 0.3) is 0 Å². The molecule has 1 fully saturated rings. The summed E-state index contributed by atoms with van der Waals surface area (Å²) in [6.07, 6.45) is 0. The van der Waals surface area contributed by atoms with Crippen LogP contribution in [0.2, 0.25) is 0 Å². The zero-order chi connectivity index (χ0) is 8.97. The molecule has 0 aromatic carbocycles. The van der Waals surface area contributed by atoms with Crippen LogP contribution in [-0.4, -0.2) is 37.5 Å². The smallest absolute Gasteiger partial charge is 0.118 e. The minimum Gasteiger partial charge on any atom is -0.384 e. The SMILES string of the molecule is CN1CCN/C(=C(\N)NCS)C1.N.[HH].[HH]. The molecule has 7 N–H and O–H groups in total. The van der Waals surface area contributed by atoms with E-state index in [-0.39, 0.29) is 9.00 Å². The summed E-state index contributed by atoms with van der Waals surface area (Å²) < 4.78 is 0. The lowest BCUT2D eigenvalue weighted by Gasteiger charge is -2.27. The fourth-order valence-corrected chi connectivity index (χ4v) is 1.35. The molecule has 5 nitrogen and oxygen atoms in total. The van der Waals surface area contributed by atoms with Crippen LogP contribution in [0.1, 0.15) is 2.85 Å². The third kappa shape index (κ3) is 3.75. The quantitative estimate of drug-likeness (QED) is 0.320. The normalized spacial score (nSPS) is 21.4. The number of piperazine rings is 1. The maximum Gasteiger partial charge on any atom is 0.118 e. The minimum atomic E-state index is 0. The lowest BCUT2D eigenvalue weighted by atomic mass is 10.3. The third-order valence-electron chi connectivity index (χ3n) is 1.85. The average Bonchev–Trinajstić information content (AvgIpc) is 2.05. The summed E-state index contributed by atoms with van der Waals surface area (Å²) in [4.78, 5) is 2.22. The molecule has 1 aliphatic rings. The molecule has 82 valence electrons. The van der Waals surface area contributed by atoms with Crippen LogP contribution in [-0.2, 0) is 0 Å². The van der Waals surface area contributed by atoms with Gasteiger partial charge < -0.3 is 22.5 Å². The number of likely N-dealkylation sites (N-methyl/N-ethyl adjacent to an activating group) is 1. The Balaban J connectivity index is -0.000000480. The maximum absolute atomic E-state index is 5.75. The number of rotatable bonds is 2. The van der Waals surface area contributed by atoms with Gasteiger partial charge in [0.05, 0.1) is 11.6 Å². The van der Waals surface area contributed by atoms with Crippen molar-refractivity contribution >= 4 is 12.6 Å². The van der Waals surface area contributed by atoms with Gasteiger partial charge >= 0.3 is 0 Å². The van der Waals surface area contributed by atoms with Crippen molar-refractivity contribution in [3.63, 3.8) is 0 Å². The molecule has 1 rings (SSSR count). The molecule has 1 saturated heterocycles. The number of nitrogens with two attached hydrogens (primary N) is 1. The van der Waals surface area contributed by atoms with Crippen molar-refractivity contribution in [1.82, 2.24) is 21.7 Å². The highest BCUT2D eigenvalue weighted by Crippen LogP contribution is 2.00. The Labute approximate surface area is 87.7 Å². The van der Waals surface area contributed by atoms with E-state index in [4.69, 9.17) is 5.73 Å². The van der Waals surface area contributed by atoms with Crippen molar-refractivity contribution in [3.8, 4) is 0 Å². The van der Waals surface area contributed by atoms with Gasteiger partial charge in [0.1, 0.15) is 5.82 Å². The predicted octanol–water partition coefficient (Wildman–Crippen LogP) is -0.220. The van der Waals surface area contributed by atoms with E-state index in [1.165, 1.54) is 0 Å². The Hall–Kier alpha value is -0.590. The average molecular weight is 209 g/mol. The molecule has 0 spiro atoms. The highest BCUT2D eigenvalue weighted by molar-refractivity contribution is 7.80. The third-order valence-corrected chi connectivity index (χ3v) is 2.01. The maximum atomic E-state index is 5.75. The van der Waals surface area contributed by atoms with Gasteiger partial charge in [0.25, 0.3) is 0 Å². The minimum absolute atomic E-state index is 0. The van der Waals surface area contributed by atoms with E-state index in [1.54, 1.807) is 0 Å². The zero-order valence-electron chi connectivity index (χ0n) is 8.01. The number of nitrogens with one attached hydrogen (secondary N) is 2. The number of hydrogen-bond donors (Lipinski definition) is 5. The number of thiol groups is 1. The molecule has 0 aromatic heterocycles. The molecule has 13 heavy (non-hydrogen) atoms. The molecule has 0 aliphatic carbocycles. The largest absolute Gasteiger partial charge is 0.384 e. The van der Waals surface area contributed by atoms with Crippen LogP contribution in [0.3, 0.4) is 0 Å². The summed E-state index contributed by atoms with van der Waals surface area (Å²) in [6.45, 7) is 2.91. The predicted molar refractivity (Wildman–Crippen MR) is 63.0 cm³/mol. The van der Waals surface area contributed by atoms with Gasteiger partial charge in [0.2, 0.25) is 0 Å².